The first kappa shape index (κ1) is 13.2. The molecular formula is C13H17IN4. The third-order valence-corrected chi connectivity index (χ3v) is 3.76. The van der Waals surface area contributed by atoms with Gasteiger partial charge in [0.1, 0.15) is 0 Å². The van der Waals surface area contributed by atoms with E-state index in [2.05, 4.69) is 45.0 Å². The highest BCUT2D eigenvalue weighted by Crippen LogP contribution is 2.20. The molecule has 1 aromatic carbocycles. The molecule has 18 heavy (non-hydrogen) atoms. The van der Waals surface area contributed by atoms with Crippen LogP contribution in [-0.2, 0) is 6.42 Å². The summed E-state index contributed by atoms with van der Waals surface area (Å²) < 4.78 is 1.16. The van der Waals surface area contributed by atoms with Crippen LogP contribution < -0.4 is 11.1 Å². The van der Waals surface area contributed by atoms with Crippen LogP contribution in [0.2, 0.25) is 0 Å². The molecule has 0 aliphatic heterocycles. The predicted octanol–water partition coefficient (Wildman–Crippen LogP) is 2.95. The summed E-state index contributed by atoms with van der Waals surface area (Å²) in [5, 5.41) is 10.4. The number of aryl methyl sites for hydroxylation is 2. The first-order valence-corrected chi connectivity index (χ1v) is 7.02. The van der Waals surface area contributed by atoms with Crippen LogP contribution in [0.15, 0.2) is 24.4 Å². The number of rotatable bonds is 5. The highest BCUT2D eigenvalue weighted by molar-refractivity contribution is 14.1. The number of aromatic amines is 1. The first-order valence-electron chi connectivity index (χ1n) is 5.94. The van der Waals surface area contributed by atoms with Crippen molar-refractivity contribution in [3.63, 3.8) is 0 Å². The number of halogens is 1. The van der Waals surface area contributed by atoms with E-state index in [0.717, 1.165) is 40.0 Å². The van der Waals surface area contributed by atoms with Gasteiger partial charge in [-0.2, -0.15) is 5.10 Å². The first-order chi connectivity index (χ1) is 8.66. The number of H-pyrrole nitrogens is 1. The van der Waals surface area contributed by atoms with E-state index < -0.39 is 0 Å². The maximum absolute atomic E-state index is 5.72. The summed E-state index contributed by atoms with van der Waals surface area (Å²) in [5.74, 6) is 0. The number of nitrogens with one attached hydrogen (secondary N) is 2. The zero-order valence-corrected chi connectivity index (χ0v) is 12.5. The van der Waals surface area contributed by atoms with Crippen LogP contribution >= 0.6 is 22.6 Å². The number of nitrogens with zero attached hydrogens (tertiary/aromatic N) is 1. The minimum atomic E-state index is 0.805. The predicted molar refractivity (Wildman–Crippen MR) is 83.7 cm³/mol. The molecule has 1 aromatic heterocycles. The summed E-state index contributed by atoms with van der Waals surface area (Å²) in [6, 6.07) is 5.92. The Balaban J connectivity index is 1.80. The van der Waals surface area contributed by atoms with Crippen molar-refractivity contribution in [2.45, 2.75) is 19.8 Å². The van der Waals surface area contributed by atoms with Crippen molar-refractivity contribution in [2.75, 3.05) is 17.6 Å². The molecular weight excluding hydrogens is 339 g/mol. The Hall–Kier alpha value is -1.24. The molecule has 96 valence electrons. The standard InChI is InChI=1S/C13H17IN4/c1-9-10(8-17-18-9)3-2-6-16-13-5-4-11(15)7-12(13)14/h4-5,7-8,16H,2-3,6,15H2,1H3,(H,17,18). The molecule has 0 radical (unpaired) electrons. The Kier molecular flexibility index (Phi) is 4.46. The molecule has 0 saturated heterocycles. The molecule has 0 saturated carbocycles. The van der Waals surface area contributed by atoms with Gasteiger partial charge in [0, 0.05) is 27.2 Å². The second-order valence-electron chi connectivity index (χ2n) is 4.29. The lowest BCUT2D eigenvalue weighted by Gasteiger charge is -2.09. The fourth-order valence-electron chi connectivity index (χ4n) is 1.80. The monoisotopic (exact) mass is 356 g/mol. The van der Waals surface area contributed by atoms with Crippen molar-refractivity contribution < 1.29 is 0 Å². The van der Waals surface area contributed by atoms with Crippen LogP contribution in [0.4, 0.5) is 11.4 Å². The summed E-state index contributed by atoms with van der Waals surface area (Å²) in [6.45, 7) is 3.00. The molecule has 2 aromatic rings. The molecule has 2 rings (SSSR count). The normalized spacial score (nSPS) is 10.6. The summed E-state index contributed by atoms with van der Waals surface area (Å²) in [4.78, 5) is 0. The van der Waals surface area contributed by atoms with Gasteiger partial charge in [-0.15, -0.1) is 0 Å². The molecule has 5 heteroatoms. The molecule has 0 bridgehead atoms. The molecule has 4 nitrogen and oxygen atoms in total. The molecule has 1 heterocycles. The fourth-order valence-corrected chi connectivity index (χ4v) is 2.53. The van der Waals surface area contributed by atoms with E-state index in [1.165, 1.54) is 5.56 Å². The lowest BCUT2D eigenvalue weighted by molar-refractivity contribution is 0.857. The van der Waals surface area contributed by atoms with Crippen molar-refractivity contribution in [3.8, 4) is 0 Å². The van der Waals surface area contributed by atoms with Crippen LogP contribution in [-0.4, -0.2) is 16.7 Å². The summed E-state index contributed by atoms with van der Waals surface area (Å²) in [7, 11) is 0. The Bertz CT molecular complexity index is 521. The second kappa shape index (κ2) is 6.08. The van der Waals surface area contributed by atoms with Crippen molar-refractivity contribution >= 4 is 34.0 Å². The van der Waals surface area contributed by atoms with Gasteiger partial charge in [-0.1, -0.05) is 0 Å². The van der Waals surface area contributed by atoms with E-state index in [4.69, 9.17) is 5.73 Å². The van der Waals surface area contributed by atoms with E-state index >= 15 is 0 Å². The number of nitrogens with two attached hydrogens (primary N) is 1. The number of hydrogen-bond acceptors (Lipinski definition) is 3. The topological polar surface area (TPSA) is 66.7 Å². The SMILES string of the molecule is Cc1[nH]ncc1CCCNc1ccc(N)cc1I. The molecule has 0 aliphatic carbocycles. The molecule has 0 amide bonds. The quantitative estimate of drug-likeness (QED) is 0.438. The van der Waals surface area contributed by atoms with Gasteiger partial charge in [-0.3, -0.25) is 5.10 Å². The Morgan fingerprint density at radius 1 is 1.44 bits per heavy atom. The van der Waals surface area contributed by atoms with Gasteiger partial charge in [0.2, 0.25) is 0 Å². The number of benzene rings is 1. The van der Waals surface area contributed by atoms with Crippen LogP contribution in [0.3, 0.4) is 0 Å². The van der Waals surface area contributed by atoms with E-state index in [9.17, 15) is 0 Å². The molecule has 0 spiro atoms. The van der Waals surface area contributed by atoms with Crippen molar-refractivity contribution in [1.82, 2.24) is 10.2 Å². The number of hydrogen-bond donors (Lipinski definition) is 3. The Morgan fingerprint density at radius 3 is 2.94 bits per heavy atom. The third-order valence-electron chi connectivity index (χ3n) is 2.87. The lowest BCUT2D eigenvalue weighted by Crippen LogP contribution is -2.04. The van der Waals surface area contributed by atoms with Crippen LogP contribution in [0.1, 0.15) is 17.7 Å². The second-order valence-corrected chi connectivity index (χ2v) is 5.45. The minimum absolute atomic E-state index is 0.805. The maximum atomic E-state index is 5.72. The number of aromatic nitrogens is 2. The van der Waals surface area contributed by atoms with Crippen LogP contribution in [0.25, 0.3) is 0 Å². The average molecular weight is 356 g/mol. The smallest absolute Gasteiger partial charge is 0.0522 e. The summed E-state index contributed by atoms with van der Waals surface area (Å²) in [5.41, 5.74) is 10.1. The number of nitrogen functional groups attached to an aromatic ring is 1. The highest BCUT2D eigenvalue weighted by atomic mass is 127. The minimum Gasteiger partial charge on any atom is -0.399 e. The van der Waals surface area contributed by atoms with Gasteiger partial charge >= 0.3 is 0 Å². The maximum Gasteiger partial charge on any atom is 0.0522 e. The molecule has 0 fully saturated rings. The molecule has 4 N–H and O–H groups in total. The highest BCUT2D eigenvalue weighted by Gasteiger charge is 2.01. The lowest BCUT2D eigenvalue weighted by atomic mass is 10.1. The Morgan fingerprint density at radius 2 is 2.28 bits per heavy atom. The van der Waals surface area contributed by atoms with Crippen LogP contribution in [0.5, 0.6) is 0 Å². The summed E-state index contributed by atoms with van der Waals surface area (Å²) >= 11 is 2.30. The molecule has 0 unspecified atom stereocenters. The largest absolute Gasteiger partial charge is 0.399 e. The Labute approximate surface area is 120 Å². The van der Waals surface area contributed by atoms with Gasteiger partial charge < -0.3 is 11.1 Å². The van der Waals surface area contributed by atoms with Gasteiger partial charge in [0.25, 0.3) is 0 Å². The van der Waals surface area contributed by atoms with Gasteiger partial charge in [-0.25, -0.2) is 0 Å². The third kappa shape index (κ3) is 3.38. The van der Waals surface area contributed by atoms with Gasteiger partial charge in [-0.05, 0) is 66.1 Å². The average Bonchev–Trinajstić information content (AvgIpc) is 2.73. The molecule has 0 atom stereocenters. The van der Waals surface area contributed by atoms with Crippen molar-refractivity contribution in [1.29, 1.82) is 0 Å². The zero-order chi connectivity index (χ0) is 13.0. The number of anilines is 2. The van der Waals surface area contributed by atoms with E-state index in [1.54, 1.807) is 0 Å². The fraction of sp³-hybridized carbons (Fsp3) is 0.308. The van der Waals surface area contributed by atoms with Crippen molar-refractivity contribution in [3.05, 3.63) is 39.2 Å². The summed E-state index contributed by atoms with van der Waals surface area (Å²) in [6.07, 6.45) is 4.03. The molecule has 0 aliphatic rings. The van der Waals surface area contributed by atoms with E-state index in [0.29, 0.717) is 0 Å². The van der Waals surface area contributed by atoms with Gasteiger partial charge in [0.05, 0.1) is 6.20 Å². The zero-order valence-electron chi connectivity index (χ0n) is 10.3. The van der Waals surface area contributed by atoms with Crippen molar-refractivity contribution in [2.24, 2.45) is 0 Å². The van der Waals surface area contributed by atoms with E-state index in [-0.39, 0.29) is 0 Å². The van der Waals surface area contributed by atoms with Gasteiger partial charge in [0.15, 0.2) is 0 Å². The van der Waals surface area contributed by atoms with E-state index in [1.807, 2.05) is 24.4 Å². The van der Waals surface area contributed by atoms with Crippen LogP contribution in [0, 0.1) is 10.5 Å².